The first-order valence-electron chi connectivity index (χ1n) is 23.7. The topological polar surface area (TPSA) is 224 Å². The third-order valence-electron chi connectivity index (χ3n) is 12.8. The number of carbonyl (C=O) groups excluding carboxylic acids is 7. The van der Waals surface area contributed by atoms with Crippen molar-refractivity contribution in [2.75, 3.05) is 20.8 Å². The van der Waals surface area contributed by atoms with Crippen LogP contribution >= 0.6 is 46.4 Å². The van der Waals surface area contributed by atoms with Crippen LogP contribution in [-0.4, -0.2) is 129 Å². The zero-order valence-corrected chi connectivity index (χ0v) is 43.8. The lowest BCUT2D eigenvalue weighted by atomic mass is 9.93. The summed E-state index contributed by atoms with van der Waals surface area (Å²) in [7, 11) is 2.46. The molecule has 0 aliphatic carbocycles. The number of benzene rings is 5. The number of amides is 2. The molecule has 4 aliphatic heterocycles. The molecule has 23 heteroatoms. The summed E-state index contributed by atoms with van der Waals surface area (Å²) in [5, 5.41) is -1.51. The molecule has 19 nitrogen and oxygen atoms in total. The highest BCUT2D eigenvalue weighted by Gasteiger charge is 2.62. The lowest BCUT2D eigenvalue weighted by molar-refractivity contribution is -0.372. The summed E-state index contributed by atoms with van der Waals surface area (Å²) in [4.78, 5) is 99.5. The van der Waals surface area contributed by atoms with E-state index in [0.717, 1.165) is 7.11 Å². The lowest BCUT2D eigenvalue weighted by Gasteiger charge is -2.52. The van der Waals surface area contributed by atoms with E-state index in [1.807, 2.05) is 0 Å². The standard InChI is InChI=1S/C54H45Cl4NO18/c1-26(60)19-24-33(61)72-43-44(73-49(64)27-13-7-4-8-14-27)46(74-50(65)28-15-9-5-10-16-28)54(77-45(43)51(66)68-3)76-42-40(59-47(62)34-35(48(59)63)37(56)39(58)38(57)36(34)55)53(70-31-22-20-30(67-2)21-23-31)71-32-25-69-52(75-41(32)42)29-17-11-6-12-18-29/h4-18,20-23,32,40-46,52-54H,19,24-25H2,1-3H3/t32-,40-,41+,42-,43+,44+,45+,46-,52?,53-,54-/m1/s1. The van der Waals surface area contributed by atoms with Crippen molar-refractivity contribution in [1.82, 2.24) is 4.90 Å². The molecule has 0 saturated carbocycles. The second kappa shape index (κ2) is 23.9. The number of halogens is 4. The van der Waals surface area contributed by atoms with Crippen molar-refractivity contribution in [1.29, 1.82) is 0 Å². The van der Waals surface area contributed by atoms with Gasteiger partial charge in [-0.25, -0.2) is 14.4 Å². The number of carbonyl (C=O) groups is 7. The van der Waals surface area contributed by atoms with Crippen molar-refractivity contribution in [2.24, 2.45) is 0 Å². The molecule has 9 rings (SSSR count). The first kappa shape index (κ1) is 55.1. The van der Waals surface area contributed by atoms with Crippen LogP contribution in [0.1, 0.15) is 73.1 Å². The van der Waals surface area contributed by atoms with Gasteiger partial charge in [0.05, 0.1) is 69.6 Å². The van der Waals surface area contributed by atoms with Gasteiger partial charge >= 0.3 is 23.9 Å². The zero-order valence-electron chi connectivity index (χ0n) is 40.7. The molecule has 5 aromatic rings. The minimum atomic E-state index is -2.15. The van der Waals surface area contributed by atoms with E-state index < -0.39 is 131 Å². The molecular weight excluding hydrogens is 1090 g/mol. The Kier molecular flexibility index (Phi) is 17.1. The Morgan fingerprint density at radius 2 is 1.14 bits per heavy atom. The number of hydrogen-bond donors (Lipinski definition) is 0. The van der Waals surface area contributed by atoms with E-state index in [4.69, 9.17) is 98.5 Å². The molecule has 0 N–H and O–H groups in total. The minimum absolute atomic E-state index is 0.0301. The molecule has 1 unspecified atom stereocenters. The maximum absolute atomic E-state index is 15.1. The fourth-order valence-corrected chi connectivity index (χ4v) is 10.1. The number of ketones is 1. The first-order valence-corrected chi connectivity index (χ1v) is 25.2. The van der Waals surface area contributed by atoms with Crippen molar-refractivity contribution in [3.63, 3.8) is 0 Å². The van der Waals surface area contributed by atoms with E-state index in [0.29, 0.717) is 16.2 Å². The Bertz CT molecular complexity index is 3000. The summed E-state index contributed by atoms with van der Waals surface area (Å²) >= 11 is 26.4. The van der Waals surface area contributed by atoms with Gasteiger partial charge in [0.1, 0.15) is 41.6 Å². The van der Waals surface area contributed by atoms with Gasteiger partial charge in [0.25, 0.3) is 11.8 Å². The Morgan fingerprint density at radius 1 is 0.597 bits per heavy atom. The summed E-state index contributed by atoms with van der Waals surface area (Å²) in [5.74, 6) is -6.35. The number of nitrogens with zero attached hydrogens (tertiary/aromatic N) is 1. The third kappa shape index (κ3) is 11.5. The van der Waals surface area contributed by atoms with Crippen molar-refractivity contribution in [3.05, 3.63) is 163 Å². The van der Waals surface area contributed by atoms with Gasteiger partial charge in [0, 0.05) is 12.0 Å². The summed E-state index contributed by atoms with van der Waals surface area (Å²) < 4.78 is 68.3. The Balaban J connectivity index is 1.23. The fourth-order valence-electron chi connectivity index (χ4n) is 9.08. The van der Waals surface area contributed by atoms with E-state index in [2.05, 4.69) is 0 Å². The molecule has 77 heavy (non-hydrogen) atoms. The van der Waals surface area contributed by atoms with Crippen LogP contribution in [0.4, 0.5) is 0 Å². The number of hydrogen-bond acceptors (Lipinski definition) is 18. The monoisotopic (exact) mass is 1140 g/mol. The fraction of sp³-hybridized carbons (Fsp3) is 0.315. The molecular formula is C54H45Cl4NO18. The van der Waals surface area contributed by atoms with Crippen molar-refractivity contribution < 1.29 is 85.7 Å². The minimum Gasteiger partial charge on any atom is -0.497 e. The lowest BCUT2D eigenvalue weighted by Crippen LogP contribution is -2.71. The molecule has 5 aromatic carbocycles. The number of methoxy groups -OCH3 is 2. The second-order valence-corrected chi connectivity index (χ2v) is 19.2. The maximum Gasteiger partial charge on any atom is 0.339 e. The molecule has 0 spiro atoms. The van der Waals surface area contributed by atoms with E-state index in [9.17, 15) is 24.0 Å². The van der Waals surface area contributed by atoms with E-state index >= 15 is 9.59 Å². The molecule has 4 heterocycles. The van der Waals surface area contributed by atoms with Gasteiger partial charge in [-0.3, -0.25) is 19.3 Å². The number of imide groups is 1. The van der Waals surface area contributed by atoms with Gasteiger partial charge in [0.2, 0.25) is 6.29 Å². The third-order valence-corrected chi connectivity index (χ3v) is 14.6. The van der Waals surface area contributed by atoms with E-state index in [-0.39, 0.29) is 45.7 Å². The van der Waals surface area contributed by atoms with Crippen LogP contribution in [0.25, 0.3) is 0 Å². The van der Waals surface area contributed by atoms with Gasteiger partial charge in [-0.05, 0) is 55.5 Å². The molecule has 0 bridgehead atoms. The second-order valence-electron chi connectivity index (χ2n) is 17.7. The molecule has 402 valence electrons. The van der Waals surface area contributed by atoms with Crippen molar-refractivity contribution in [3.8, 4) is 11.5 Å². The van der Waals surface area contributed by atoms with Gasteiger partial charge < -0.3 is 56.9 Å². The predicted octanol–water partition coefficient (Wildman–Crippen LogP) is 8.21. The molecule has 0 radical (unpaired) electrons. The number of fused-ring (bicyclic) bond motifs is 2. The summed E-state index contributed by atoms with van der Waals surface area (Å²) in [6.45, 7) is 1.00. The van der Waals surface area contributed by atoms with Crippen LogP contribution in [0.15, 0.2) is 115 Å². The first-order chi connectivity index (χ1) is 37.1. The smallest absolute Gasteiger partial charge is 0.339 e. The van der Waals surface area contributed by atoms with Crippen LogP contribution in [-0.2, 0) is 57.0 Å². The average Bonchev–Trinajstić information content (AvgIpc) is 3.77. The highest BCUT2D eigenvalue weighted by Crippen LogP contribution is 2.48. The maximum atomic E-state index is 15.1. The normalized spacial score (nSPS) is 25.6. The van der Waals surface area contributed by atoms with Crippen LogP contribution < -0.4 is 9.47 Å². The van der Waals surface area contributed by atoms with Crippen LogP contribution in [0.2, 0.25) is 20.1 Å². The molecule has 11 atom stereocenters. The summed E-state index contributed by atoms with van der Waals surface area (Å²) in [5.41, 5.74) is -0.425. The molecule has 4 aliphatic rings. The van der Waals surface area contributed by atoms with Gasteiger partial charge in [-0.1, -0.05) is 113 Å². The highest BCUT2D eigenvalue weighted by atomic mass is 35.5. The van der Waals surface area contributed by atoms with E-state index in [1.54, 1.807) is 78.9 Å². The van der Waals surface area contributed by atoms with Gasteiger partial charge in [-0.15, -0.1) is 0 Å². The van der Waals surface area contributed by atoms with Gasteiger partial charge in [0.15, 0.2) is 37.0 Å². The largest absolute Gasteiger partial charge is 0.497 e. The summed E-state index contributed by atoms with van der Waals surface area (Å²) in [6.07, 6.45) is -18.4. The highest BCUT2D eigenvalue weighted by molar-refractivity contribution is 6.55. The predicted molar refractivity (Wildman–Crippen MR) is 270 cm³/mol. The molecule has 3 fully saturated rings. The van der Waals surface area contributed by atoms with Crippen LogP contribution in [0.5, 0.6) is 11.5 Å². The zero-order chi connectivity index (χ0) is 54.7. The molecule has 2 amide bonds. The Labute approximate surface area is 459 Å². The number of rotatable bonds is 16. The van der Waals surface area contributed by atoms with Crippen LogP contribution in [0, 0.1) is 0 Å². The van der Waals surface area contributed by atoms with Crippen molar-refractivity contribution >= 4 is 87.9 Å². The molecule has 0 aromatic heterocycles. The van der Waals surface area contributed by atoms with E-state index in [1.165, 1.54) is 50.4 Å². The Hall–Kier alpha value is -6.65. The number of ether oxygens (including phenoxy) is 11. The number of Topliss-reactive ketones (excluding diaryl/α,β-unsaturated/α-hetero) is 1. The summed E-state index contributed by atoms with van der Waals surface area (Å²) in [6, 6.07) is 28.1. The van der Waals surface area contributed by atoms with Crippen molar-refractivity contribution in [2.45, 2.75) is 87.4 Å². The van der Waals surface area contributed by atoms with Gasteiger partial charge in [-0.2, -0.15) is 0 Å². The SMILES string of the molecule is COC(=O)[C@H]1O[C@@H](O[C@H]2[C@H]3OC(c4ccccc4)OC[C@H]3O[C@@H](Oc3ccc(OC)cc3)[C@@H]2N2C(=O)c3c(Cl)c(Cl)c(Cl)c(Cl)c3C2=O)[C@H](OC(=O)c2ccccc2)[C@@H](OC(=O)c2ccccc2)[C@@H]1OC(=O)CCC(C)=O. The Morgan fingerprint density at radius 3 is 1.69 bits per heavy atom. The van der Waals surface area contributed by atoms with Crippen LogP contribution in [0.3, 0.4) is 0 Å². The number of esters is 4. The average molecular weight is 1140 g/mol. The molecule has 3 saturated heterocycles. The quantitative estimate of drug-likeness (QED) is 0.0298.